The SMILES string of the molecule is COc1ccc(C(C)NC(=O)COc2cccc(C)c2)cc1. The highest BCUT2D eigenvalue weighted by atomic mass is 16.5. The maximum atomic E-state index is 11.9. The lowest BCUT2D eigenvalue weighted by Crippen LogP contribution is -2.31. The fraction of sp³-hybridized carbons (Fsp3) is 0.278. The number of carbonyl (C=O) groups is 1. The number of benzene rings is 2. The van der Waals surface area contributed by atoms with E-state index in [0.29, 0.717) is 5.75 Å². The molecule has 1 atom stereocenters. The molecule has 0 saturated heterocycles. The Morgan fingerprint density at radius 3 is 2.50 bits per heavy atom. The second kappa shape index (κ2) is 7.50. The van der Waals surface area contributed by atoms with E-state index in [1.54, 1.807) is 7.11 Å². The van der Waals surface area contributed by atoms with Gasteiger partial charge in [0.25, 0.3) is 5.91 Å². The van der Waals surface area contributed by atoms with Crippen LogP contribution in [-0.4, -0.2) is 19.6 Å². The molecule has 2 aromatic rings. The van der Waals surface area contributed by atoms with E-state index in [2.05, 4.69) is 5.32 Å². The minimum atomic E-state index is -0.148. The first-order valence-corrected chi connectivity index (χ1v) is 7.21. The molecule has 0 aliphatic carbocycles. The van der Waals surface area contributed by atoms with Crippen LogP contribution in [0.3, 0.4) is 0 Å². The van der Waals surface area contributed by atoms with E-state index >= 15 is 0 Å². The van der Waals surface area contributed by atoms with Crippen LogP contribution in [0, 0.1) is 6.92 Å². The van der Waals surface area contributed by atoms with E-state index in [-0.39, 0.29) is 18.6 Å². The van der Waals surface area contributed by atoms with E-state index in [9.17, 15) is 4.79 Å². The highest BCUT2D eigenvalue weighted by molar-refractivity contribution is 5.78. The Bertz CT molecular complexity index is 622. The molecule has 22 heavy (non-hydrogen) atoms. The Morgan fingerprint density at radius 1 is 1.14 bits per heavy atom. The molecule has 0 aliphatic rings. The van der Waals surface area contributed by atoms with Gasteiger partial charge < -0.3 is 14.8 Å². The molecular weight excluding hydrogens is 278 g/mol. The largest absolute Gasteiger partial charge is 0.497 e. The lowest BCUT2D eigenvalue weighted by Gasteiger charge is -2.15. The summed E-state index contributed by atoms with van der Waals surface area (Å²) in [5.41, 5.74) is 2.12. The van der Waals surface area contributed by atoms with Crippen LogP contribution in [-0.2, 0) is 4.79 Å². The van der Waals surface area contributed by atoms with Crippen LogP contribution in [0.2, 0.25) is 0 Å². The van der Waals surface area contributed by atoms with Gasteiger partial charge in [-0.2, -0.15) is 0 Å². The van der Waals surface area contributed by atoms with Gasteiger partial charge in [0.1, 0.15) is 11.5 Å². The molecule has 0 bridgehead atoms. The third-order valence-electron chi connectivity index (χ3n) is 3.35. The van der Waals surface area contributed by atoms with Crippen molar-refractivity contribution in [1.82, 2.24) is 5.32 Å². The molecule has 0 spiro atoms. The summed E-state index contributed by atoms with van der Waals surface area (Å²) in [7, 11) is 1.63. The Labute approximate surface area is 131 Å². The molecule has 0 radical (unpaired) electrons. The lowest BCUT2D eigenvalue weighted by molar-refractivity contribution is -0.123. The van der Waals surface area contributed by atoms with Crippen molar-refractivity contribution in [2.45, 2.75) is 19.9 Å². The fourth-order valence-electron chi connectivity index (χ4n) is 2.11. The van der Waals surface area contributed by atoms with Gasteiger partial charge in [0.2, 0.25) is 0 Å². The standard InChI is InChI=1S/C18H21NO3/c1-13-5-4-6-17(11-13)22-12-18(20)19-14(2)15-7-9-16(21-3)10-8-15/h4-11,14H,12H2,1-3H3,(H,19,20). The van der Waals surface area contributed by atoms with E-state index in [4.69, 9.17) is 9.47 Å². The molecule has 116 valence electrons. The van der Waals surface area contributed by atoms with Crippen LogP contribution >= 0.6 is 0 Å². The second-order valence-electron chi connectivity index (χ2n) is 5.17. The first-order chi connectivity index (χ1) is 10.6. The van der Waals surface area contributed by atoms with Crippen molar-refractivity contribution in [3.63, 3.8) is 0 Å². The van der Waals surface area contributed by atoms with Gasteiger partial charge in [0.05, 0.1) is 13.2 Å². The summed E-state index contributed by atoms with van der Waals surface area (Å²) in [5.74, 6) is 1.35. The fourth-order valence-corrected chi connectivity index (χ4v) is 2.11. The van der Waals surface area contributed by atoms with Crippen molar-refractivity contribution in [2.75, 3.05) is 13.7 Å². The number of hydrogen-bond donors (Lipinski definition) is 1. The van der Waals surface area contributed by atoms with Crippen LogP contribution in [0.15, 0.2) is 48.5 Å². The van der Waals surface area contributed by atoms with E-state index < -0.39 is 0 Å². The quantitative estimate of drug-likeness (QED) is 0.890. The molecule has 1 N–H and O–H groups in total. The molecule has 4 heteroatoms. The first kappa shape index (κ1) is 15.9. The van der Waals surface area contributed by atoms with Crippen LogP contribution < -0.4 is 14.8 Å². The molecule has 1 unspecified atom stereocenters. The molecule has 4 nitrogen and oxygen atoms in total. The number of methoxy groups -OCH3 is 1. The Morgan fingerprint density at radius 2 is 1.86 bits per heavy atom. The molecule has 2 rings (SSSR count). The van der Waals surface area contributed by atoms with Gasteiger partial charge in [0.15, 0.2) is 6.61 Å². The molecule has 0 aliphatic heterocycles. The number of hydrogen-bond acceptors (Lipinski definition) is 3. The third kappa shape index (κ3) is 4.52. The van der Waals surface area contributed by atoms with Gasteiger partial charge in [0, 0.05) is 0 Å². The van der Waals surface area contributed by atoms with Crippen molar-refractivity contribution >= 4 is 5.91 Å². The summed E-state index contributed by atoms with van der Waals surface area (Å²) >= 11 is 0. The first-order valence-electron chi connectivity index (χ1n) is 7.21. The van der Waals surface area contributed by atoms with Gasteiger partial charge in [-0.1, -0.05) is 24.3 Å². The van der Waals surface area contributed by atoms with Gasteiger partial charge in [-0.15, -0.1) is 0 Å². The van der Waals surface area contributed by atoms with Crippen LogP contribution in [0.1, 0.15) is 24.1 Å². The highest BCUT2D eigenvalue weighted by Crippen LogP contribution is 2.17. The monoisotopic (exact) mass is 299 g/mol. The Kier molecular flexibility index (Phi) is 5.42. The van der Waals surface area contributed by atoms with Crippen LogP contribution in [0.25, 0.3) is 0 Å². The molecule has 0 aromatic heterocycles. The van der Waals surface area contributed by atoms with Gasteiger partial charge in [-0.3, -0.25) is 4.79 Å². The molecular formula is C18H21NO3. The predicted octanol–water partition coefficient (Wildman–Crippen LogP) is 3.26. The Balaban J connectivity index is 1.85. The minimum Gasteiger partial charge on any atom is -0.497 e. The minimum absolute atomic E-state index is 0.00392. The van der Waals surface area contributed by atoms with Gasteiger partial charge >= 0.3 is 0 Å². The van der Waals surface area contributed by atoms with E-state index in [0.717, 1.165) is 16.9 Å². The van der Waals surface area contributed by atoms with Gasteiger partial charge in [-0.05, 0) is 49.2 Å². The molecule has 0 saturated carbocycles. The van der Waals surface area contributed by atoms with E-state index in [1.807, 2.05) is 62.4 Å². The van der Waals surface area contributed by atoms with Gasteiger partial charge in [-0.25, -0.2) is 0 Å². The van der Waals surface area contributed by atoms with Crippen molar-refractivity contribution in [3.05, 3.63) is 59.7 Å². The second-order valence-corrected chi connectivity index (χ2v) is 5.17. The zero-order chi connectivity index (χ0) is 15.9. The average molecular weight is 299 g/mol. The molecule has 1 amide bonds. The summed E-state index contributed by atoms with van der Waals surface area (Å²) < 4.78 is 10.6. The van der Waals surface area contributed by atoms with Crippen molar-refractivity contribution < 1.29 is 14.3 Å². The highest BCUT2D eigenvalue weighted by Gasteiger charge is 2.10. The van der Waals surface area contributed by atoms with Crippen molar-refractivity contribution in [3.8, 4) is 11.5 Å². The average Bonchev–Trinajstić information content (AvgIpc) is 2.53. The Hall–Kier alpha value is -2.49. The molecule has 2 aromatic carbocycles. The molecule has 0 fully saturated rings. The maximum Gasteiger partial charge on any atom is 0.258 e. The maximum absolute atomic E-state index is 11.9. The zero-order valence-electron chi connectivity index (χ0n) is 13.1. The summed E-state index contributed by atoms with van der Waals surface area (Å²) in [5, 5.41) is 2.91. The third-order valence-corrected chi connectivity index (χ3v) is 3.35. The van der Waals surface area contributed by atoms with Crippen molar-refractivity contribution in [1.29, 1.82) is 0 Å². The number of rotatable bonds is 6. The smallest absolute Gasteiger partial charge is 0.258 e. The summed E-state index contributed by atoms with van der Waals surface area (Å²) in [6.07, 6.45) is 0. The number of carbonyl (C=O) groups excluding carboxylic acids is 1. The van der Waals surface area contributed by atoms with E-state index in [1.165, 1.54) is 0 Å². The number of aryl methyl sites for hydroxylation is 1. The number of nitrogens with one attached hydrogen (secondary N) is 1. The summed E-state index contributed by atoms with van der Waals surface area (Å²) in [6, 6.07) is 15.2. The normalized spacial score (nSPS) is 11.6. The number of ether oxygens (including phenoxy) is 2. The number of amides is 1. The lowest BCUT2D eigenvalue weighted by atomic mass is 10.1. The topological polar surface area (TPSA) is 47.6 Å². The predicted molar refractivity (Wildman–Crippen MR) is 86.2 cm³/mol. The summed E-state index contributed by atoms with van der Waals surface area (Å²) in [4.78, 5) is 11.9. The van der Waals surface area contributed by atoms with Crippen molar-refractivity contribution in [2.24, 2.45) is 0 Å². The summed E-state index contributed by atoms with van der Waals surface area (Å²) in [6.45, 7) is 3.93. The molecule has 0 heterocycles. The van der Waals surface area contributed by atoms with Crippen LogP contribution in [0.4, 0.5) is 0 Å². The zero-order valence-corrected chi connectivity index (χ0v) is 13.1. The van der Waals surface area contributed by atoms with Crippen LogP contribution in [0.5, 0.6) is 11.5 Å².